The zero-order valence-corrected chi connectivity index (χ0v) is 16.9. The number of amides is 1. The molecule has 0 N–H and O–H groups in total. The van der Waals surface area contributed by atoms with Crippen LogP contribution in [0.25, 0.3) is 17.5 Å². The maximum absolute atomic E-state index is 12.8. The number of furan rings is 1. The number of nitrogens with zero attached hydrogens (tertiary/aromatic N) is 3. The number of aromatic nitrogens is 2. The smallest absolute Gasteiger partial charge is 0.247 e. The standard InChI is InChI=1S/C23H25N3O3/c1-15(2)26(14-21-24-25-23(29-21)17-7-5-4-6-8-17)22(27)12-10-18-9-11-20(28-18)19-13-16(19)3/h4-12,15-16,19H,13-14H2,1-3H3/b12-10+. The fourth-order valence-corrected chi connectivity index (χ4v) is 3.30. The van der Waals surface area contributed by atoms with Crippen molar-refractivity contribution in [3.05, 3.63) is 66.0 Å². The van der Waals surface area contributed by atoms with Crippen LogP contribution < -0.4 is 0 Å². The molecule has 1 fully saturated rings. The second-order valence-corrected chi connectivity index (χ2v) is 7.82. The minimum atomic E-state index is -0.128. The lowest BCUT2D eigenvalue weighted by Gasteiger charge is -2.23. The molecule has 0 aliphatic heterocycles. The van der Waals surface area contributed by atoms with E-state index < -0.39 is 0 Å². The molecule has 29 heavy (non-hydrogen) atoms. The molecule has 1 aliphatic carbocycles. The van der Waals surface area contributed by atoms with Gasteiger partial charge < -0.3 is 13.7 Å². The molecule has 1 aliphatic rings. The largest absolute Gasteiger partial charge is 0.461 e. The zero-order chi connectivity index (χ0) is 20.4. The summed E-state index contributed by atoms with van der Waals surface area (Å²) < 4.78 is 11.6. The number of hydrogen-bond acceptors (Lipinski definition) is 5. The van der Waals surface area contributed by atoms with Crippen molar-refractivity contribution in [2.75, 3.05) is 0 Å². The van der Waals surface area contributed by atoms with Gasteiger partial charge in [-0.1, -0.05) is 25.1 Å². The number of hydrogen-bond donors (Lipinski definition) is 0. The van der Waals surface area contributed by atoms with Crippen LogP contribution in [-0.2, 0) is 11.3 Å². The molecule has 6 nitrogen and oxygen atoms in total. The second kappa shape index (κ2) is 8.07. The van der Waals surface area contributed by atoms with Crippen molar-refractivity contribution in [3.8, 4) is 11.5 Å². The van der Waals surface area contributed by atoms with Gasteiger partial charge in [0.2, 0.25) is 17.7 Å². The summed E-state index contributed by atoms with van der Waals surface area (Å²) in [5, 5.41) is 8.19. The average molecular weight is 391 g/mol. The van der Waals surface area contributed by atoms with E-state index in [0.717, 1.165) is 11.3 Å². The van der Waals surface area contributed by atoms with Crippen molar-refractivity contribution in [2.24, 2.45) is 5.92 Å². The van der Waals surface area contributed by atoms with Crippen LogP contribution in [0.2, 0.25) is 0 Å². The van der Waals surface area contributed by atoms with Gasteiger partial charge >= 0.3 is 0 Å². The van der Waals surface area contributed by atoms with Crippen molar-refractivity contribution in [1.29, 1.82) is 0 Å². The monoisotopic (exact) mass is 391 g/mol. The average Bonchev–Trinajstić information content (AvgIpc) is 3.13. The van der Waals surface area contributed by atoms with Gasteiger partial charge in [-0.3, -0.25) is 4.79 Å². The van der Waals surface area contributed by atoms with Gasteiger partial charge in [0.1, 0.15) is 11.5 Å². The van der Waals surface area contributed by atoms with Gasteiger partial charge in [0.05, 0.1) is 6.54 Å². The highest BCUT2D eigenvalue weighted by molar-refractivity contribution is 5.91. The highest BCUT2D eigenvalue weighted by Crippen LogP contribution is 2.47. The van der Waals surface area contributed by atoms with Crippen LogP contribution in [0.4, 0.5) is 0 Å². The van der Waals surface area contributed by atoms with Gasteiger partial charge in [-0.05, 0) is 56.5 Å². The zero-order valence-electron chi connectivity index (χ0n) is 16.9. The summed E-state index contributed by atoms with van der Waals surface area (Å²) in [5.41, 5.74) is 0.854. The minimum Gasteiger partial charge on any atom is -0.461 e. The number of rotatable bonds is 7. The SMILES string of the molecule is CC1CC1c1ccc(/C=C/C(=O)N(Cc2nnc(-c3ccccc3)o2)C(C)C)o1. The Balaban J connectivity index is 1.42. The quantitative estimate of drug-likeness (QED) is 0.536. The van der Waals surface area contributed by atoms with Crippen LogP contribution in [0.1, 0.15) is 50.5 Å². The highest BCUT2D eigenvalue weighted by atomic mass is 16.4. The summed E-state index contributed by atoms with van der Waals surface area (Å²) in [7, 11) is 0. The Labute approximate surface area is 170 Å². The Morgan fingerprint density at radius 1 is 1.17 bits per heavy atom. The lowest BCUT2D eigenvalue weighted by Crippen LogP contribution is -2.35. The fourth-order valence-electron chi connectivity index (χ4n) is 3.30. The molecule has 2 unspecified atom stereocenters. The van der Waals surface area contributed by atoms with E-state index in [4.69, 9.17) is 8.83 Å². The Morgan fingerprint density at radius 2 is 1.93 bits per heavy atom. The normalized spacial score (nSPS) is 18.5. The molecular weight excluding hydrogens is 366 g/mol. The molecule has 150 valence electrons. The molecule has 2 heterocycles. The van der Waals surface area contributed by atoms with Crippen molar-refractivity contribution < 1.29 is 13.6 Å². The highest BCUT2D eigenvalue weighted by Gasteiger charge is 2.36. The Kier molecular flexibility index (Phi) is 5.34. The molecule has 3 aromatic rings. The van der Waals surface area contributed by atoms with Gasteiger partial charge in [-0.25, -0.2) is 0 Å². The van der Waals surface area contributed by atoms with Crippen molar-refractivity contribution in [2.45, 2.75) is 45.7 Å². The van der Waals surface area contributed by atoms with Gasteiger partial charge in [0, 0.05) is 23.6 Å². The summed E-state index contributed by atoms with van der Waals surface area (Å²) in [6.45, 7) is 6.39. The summed E-state index contributed by atoms with van der Waals surface area (Å²) in [6.07, 6.45) is 4.43. The van der Waals surface area contributed by atoms with Crippen molar-refractivity contribution in [1.82, 2.24) is 15.1 Å². The van der Waals surface area contributed by atoms with Crippen molar-refractivity contribution >= 4 is 12.0 Å². The molecule has 6 heteroatoms. The first-order valence-corrected chi connectivity index (χ1v) is 9.97. The van der Waals surface area contributed by atoms with Gasteiger partial charge in [0.15, 0.2) is 0 Å². The van der Waals surface area contributed by atoms with E-state index in [1.54, 1.807) is 11.0 Å². The first-order chi connectivity index (χ1) is 14.0. The van der Waals surface area contributed by atoms with Crippen LogP contribution in [0, 0.1) is 5.92 Å². The summed E-state index contributed by atoms with van der Waals surface area (Å²) in [4.78, 5) is 14.4. The first-order valence-electron chi connectivity index (χ1n) is 9.97. The lowest BCUT2D eigenvalue weighted by atomic mass is 10.2. The lowest BCUT2D eigenvalue weighted by molar-refractivity contribution is -0.128. The third kappa shape index (κ3) is 4.47. The van der Waals surface area contributed by atoms with E-state index in [1.807, 2.05) is 56.3 Å². The molecule has 1 aromatic carbocycles. The maximum Gasteiger partial charge on any atom is 0.247 e. The maximum atomic E-state index is 12.8. The summed E-state index contributed by atoms with van der Waals surface area (Å²) in [6, 6.07) is 13.5. The van der Waals surface area contributed by atoms with Gasteiger partial charge in [-0.15, -0.1) is 10.2 Å². The molecule has 4 rings (SSSR count). The van der Waals surface area contributed by atoms with E-state index in [0.29, 0.717) is 29.4 Å². The fraction of sp³-hybridized carbons (Fsp3) is 0.348. The number of carbonyl (C=O) groups is 1. The number of carbonyl (C=O) groups excluding carboxylic acids is 1. The molecular formula is C23H25N3O3. The Morgan fingerprint density at radius 3 is 2.62 bits per heavy atom. The predicted molar refractivity (Wildman–Crippen MR) is 110 cm³/mol. The van der Waals surface area contributed by atoms with E-state index >= 15 is 0 Å². The Bertz CT molecular complexity index is 1000. The van der Waals surface area contributed by atoms with Crippen LogP contribution >= 0.6 is 0 Å². The summed E-state index contributed by atoms with van der Waals surface area (Å²) in [5.74, 6) is 3.64. The molecule has 0 radical (unpaired) electrons. The molecule has 0 bridgehead atoms. The van der Waals surface area contributed by atoms with E-state index in [9.17, 15) is 4.79 Å². The topological polar surface area (TPSA) is 72.4 Å². The van der Waals surface area contributed by atoms with Crippen LogP contribution in [0.5, 0.6) is 0 Å². The molecule has 0 spiro atoms. The van der Waals surface area contributed by atoms with Crippen LogP contribution in [0.15, 0.2) is 57.4 Å². The first kappa shape index (κ1) is 19.2. The molecule has 0 saturated heterocycles. The summed E-state index contributed by atoms with van der Waals surface area (Å²) >= 11 is 0. The van der Waals surface area contributed by atoms with E-state index in [2.05, 4.69) is 17.1 Å². The minimum absolute atomic E-state index is 0.0151. The van der Waals surface area contributed by atoms with Crippen LogP contribution in [-0.4, -0.2) is 27.0 Å². The Hall–Kier alpha value is -3.15. The number of benzene rings is 1. The van der Waals surface area contributed by atoms with Gasteiger partial charge in [-0.2, -0.15) is 0 Å². The molecule has 2 aromatic heterocycles. The second-order valence-electron chi connectivity index (χ2n) is 7.82. The van der Waals surface area contributed by atoms with Gasteiger partial charge in [0.25, 0.3) is 0 Å². The molecule has 1 amide bonds. The van der Waals surface area contributed by atoms with Crippen molar-refractivity contribution in [3.63, 3.8) is 0 Å². The van der Waals surface area contributed by atoms with Crippen LogP contribution in [0.3, 0.4) is 0 Å². The molecule has 2 atom stereocenters. The van der Waals surface area contributed by atoms with E-state index in [1.165, 1.54) is 12.5 Å². The van der Waals surface area contributed by atoms with E-state index in [-0.39, 0.29) is 18.5 Å². The predicted octanol–water partition coefficient (Wildman–Crippen LogP) is 4.90. The molecule has 1 saturated carbocycles. The third-order valence-corrected chi connectivity index (χ3v) is 5.21. The third-order valence-electron chi connectivity index (χ3n) is 5.21.